The molecule has 19 heavy (non-hydrogen) atoms. The standard InChI is InChI=1S/C15H21N3O/c1-12(2)16-11-10-15-17-14(18-19-15)9-8-13-6-4-3-5-7-13/h3-7,12,16H,8-11H2,1-2H3. The summed E-state index contributed by atoms with van der Waals surface area (Å²) in [5, 5.41) is 7.35. The normalized spacial score (nSPS) is 11.1. The number of nitrogens with zero attached hydrogens (tertiary/aromatic N) is 2. The predicted octanol–water partition coefficient (Wildman–Crippen LogP) is 2.40. The van der Waals surface area contributed by atoms with Crippen LogP contribution in [-0.4, -0.2) is 22.7 Å². The van der Waals surface area contributed by atoms with E-state index >= 15 is 0 Å². The molecule has 0 atom stereocenters. The molecule has 0 bridgehead atoms. The zero-order chi connectivity index (χ0) is 13.5. The van der Waals surface area contributed by atoms with Crippen LogP contribution in [-0.2, 0) is 19.3 Å². The van der Waals surface area contributed by atoms with E-state index in [0.717, 1.165) is 37.5 Å². The van der Waals surface area contributed by atoms with Gasteiger partial charge in [0.05, 0.1) is 0 Å². The molecule has 0 saturated heterocycles. The second-order valence-corrected chi connectivity index (χ2v) is 4.95. The number of hydrogen-bond acceptors (Lipinski definition) is 4. The Morgan fingerprint density at radius 2 is 1.89 bits per heavy atom. The summed E-state index contributed by atoms with van der Waals surface area (Å²) in [7, 11) is 0. The number of nitrogens with one attached hydrogen (secondary N) is 1. The van der Waals surface area contributed by atoms with Gasteiger partial charge in [0, 0.05) is 25.4 Å². The van der Waals surface area contributed by atoms with Crippen molar-refractivity contribution in [2.75, 3.05) is 6.54 Å². The van der Waals surface area contributed by atoms with Crippen LogP contribution in [0.4, 0.5) is 0 Å². The highest BCUT2D eigenvalue weighted by molar-refractivity contribution is 5.15. The largest absolute Gasteiger partial charge is 0.339 e. The maximum Gasteiger partial charge on any atom is 0.227 e. The summed E-state index contributed by atoms with van der Waals surface area (Å²) in [4.78, 5) is 4.40. The van der Waals surface area contributed by atoms with Crippen molar-refractivity contribution in [1.29, 1.82) is 0 Å². The van der Waals surface area contributed by atoms with Crippen LogP contribution in [0.1, 0.15) is 31.1 Å². The number of aromatic nitrogens is 2. The highest BCUT2D eigenvalue weighted by atomic mass is 16.5. The molecule has 4 nitrogen and oxygen atoms in total. The topological polar surface area (TPSA) is 51.0 Å². The maximum atomic E-state index is 5.23. The van der Waals surface area contributed by atoms with Crippen molar-refractivity contribution < 1.29 is 4.52 Å². The Kier molecular flexibility index (Phi) is 5.10. The molecule has 1 aromatic heterocycles. The van der Waals surface area contributed by atoms with Gasteiger partial charge < -0.3 is 9.84 Å². The summed E-state index contributed by atoms with van der Waals surface area (Å²) in [5.41, 5.74) is 1.30. The van der Waals surface area contributed by atoms with Gasteiger partial charge in [0.2, 0.25) is 5.89 Å². The van der Waals surface area contributed by atoms with Crippen molar-refractivity contribution in [3.8, 4) is 0 Å². The van der Waals surface area contributed by atoms with Crippen molar-refractivity contribution in [2.45, 2.75) is 39.2 Å². The molecule has 0 spiro atoms. The Balaban J connectivity index is 1.77. The number of benzene rings is 1. The molecule has 1 heterocycles. The van der Waals surface area contributed by atoms with E-state index in [1.165, 1.54) is 5.56 Å². The fourth-order valence-corrected chi connectivity index (χ4v) is 1.86. The SMILES string of the molecule is CC(C)NCCc1nc(CCc2ccccc2)no1. The van der Waals surface area contributed by atoms with Gasteiger partial charge in [0.1, 0.15) is 0 Å². The van der Waals surface area contributed by atoms with E-state index in [0.29, 0.717) is 6.04 Å². The van der Waals surface area contributed by atoms with Gasteiger partial charge in [0.25, 0.3) is 0 Å². The molecular formula is C15H21N3O. The third-order valence-electron chi connectivity index (χ3n) is 2.88. The Labute approximate surface area is 114 Å². The Morgan fingerprint density at radius 1 is 1.11 bits per heavy atom. The van der Waals surface area contributed by atoms with Crippen molar-refractivity contribution in [3.63, 3.8) is 0 Å². The molecule has 1 aromatic carbocycles. The van der Waals surface area contributed by atoms with E-state index in [1.807, 2.05) is 6.07 Å². The minimum absolute atomic E-state index is 0.487. The summed E-state index contributed by atoms with van der Waals surface area (Å²) in [6.45, 7) is 5.12. The molecule has 0 amide bonds. The fourth-order valence-electron chi connectivity index (χ4n) is 1.86. The van der Waals surface area contributed by atoms with Gasteiger partial charge in [-0.05, 0) is 12.0 Å². The van der Waals surface area contributed by atoms with Gasteiger partial charge in [-0.3, -0.25) is 0 Å². The quantitative estimate of drug-likeness (QED) is 0.829. The second kappa shape index (κ2) is 7.04. The van der Waals surface area contributed by atoms with Crippen LogP contribution in [0, 0.1) is 0 Å². The summed E-state index contributed by atoms with van der Waals surface area (Å²) < 4.78 is 5.23. The van der Waals surface area contributed by atoms with Crippen molar-refractivity contribution in [2.24, 2.45) is 0 Å². The molecule has 0 saturated carbocycles. The van der Waals surface area contributed by atoms with Crippen molar-refractivity contribution in [3.05, 3.63) is 47.6 Å². The summed E-state index contributed by atoms with van der Waals surface area (Å²) >= 11 is 0. The van der Waals surface area contributed by atoms with E-state index in [4.69, 9.17) is 4.52 Å². The van der Waals surface area contributed by atoms with Crippen LogP contribution < -0.4 is 5.32 Å². The van der Waals surface area contributed by atoms with Crippen LogP contribution in [0.25, 0.3) is 0 Å². The zero-order valence-corrected chi connectivity index (χ0v) is 11.6. The third-order valence-corrected chi connectivity index (χ3v) is 2.88. The average Bonchev–Trinajstić information content (AvgIpc) is 2.85. The van der Waals surface area contributed by atoms with Crippen molar-refractivity contribution in [1.82, 2.24) is 15.5 Å². The van der Waals surface area contributed by atoms with Crippen molar-refractivity contribution >= 4 is 0 Å². The fraction of sp³-hybridized carbons (Fsp3) is 0.467. The highest BCUT2D eigenvalue weighted by Gasteiger charge is 2.06. The molecule has 0 fully saturated rings. The van der Waals surface area contributed by atoms with Crippen LogP contribution in [0.3, 0.4) is 0 Å². The van der Waals surface area contributed by atoms with E-state index in [1.54, 1.807) is 0 Å². The molecule has 4 heteroatoms. The lowest BCUT2D eigenvalue weighted by Crippen LogP contribution is -2.25. The van der Waals surface area contributed by atoms with E-state index in [-0.39, 0.29) is 0 Å². The minimum atomic E-state index is 0.487. The number of rotatable bonds is 7. The van der Waals surface area contributed by atoms with E-state index in [9.17, 15) is 0 Å². The average molecular weight is 259 g/mol. The first-order valence-electron chi connectivity index (χ1n) is 6.83. The van der Waals surface area contributed by atoms with Crippen LogP contribution in [0.2, 0.25) is 0 Å². The first-order valence-corrected chi connectivity index (χ1v) is 6.83. The monoisotopic (exact) mass is 259 g/mol. The molecule has 0 aliphatic heterocycles. The molecule has 2 aromatic rings. The summed E-state index contributed by atoms with van der Waals surface area (Å²) in [5.74, 6) is 1.51. The maximum absolute atomic E-state index is 5.23. The smallest absolute Gasteiger partial charge is 0.227 e. The minimum Gasteiger partial charge on any atom is -0.339 e. The summed E-state index contributed by atoms with van der Waals surface area (Å²) in [6, 6.07) is 10.8. The molecule has 1 N–H and O–H groups in total. The molecule has 0 aliphatic carbocycles. The first-order chi connectivity index (χ1) is 9.24. The lowest BCUT2D eigenvalue weighted by atomic mass is 10.1. The Bertz CT molecular complexity index is 479. The van der Waals surface area contributed by atoms with Gasteiger partial charge in [-0.25, -0.2) is 0 Å². The van der Waals surface area contributed by atoms with Crippen LogP contribution in [0.5, 0.6) is 0 Å². The lowest BCUT2D eigenvalue weighted by molar-refractivity contribution is 0.369. The molecule has 0 unspecified atom stereocenters. The molecule has 0 aliphatic rings. The van der Waals surface area contributed by atoms with Gasteiger partial charge in [-0.1, -0.05) is 49.3 Å². The Morgan fingerprint density at radius 3 is 2.63 bits per heavy atom. The van der Waals surface area contributed by atoms with Crippen LogP contribution >= 0.6 is 0 Å². The number of aryl methyl sites for hydroxylation is 2. The van der Waals surface area contributed by atoms with Gasteiger partial charge in [-0.2, -0.15) is 4.98 Å². The van der Waals surface area contributed by atoms with E-state index in [2.05, 4.69) is 53.6 Å². The highest BCUT2D eigenvalue weighted by Crippen LogP contribution is 2.05. The van der Waals surface area contributed by atoms with Gasteiger partial charge in [-0.15, -0.1) is 0 Å². The first kappa shape index (κ1) is 13.7. The Hall–Kier alpha value is -1.68. The third kappa shape index (κ3) is 4.83. The van der Waals surface area contributed by atoms with Gasteiger partial charge in [0.15, 0.2) is 5.82 Å². The molecule has 0 radical (unpaired) electrons. The predicted molar refractivity (Wildman–Crippen MR) is 75.0 cm³/mol. The summed E-state index contributed by atoms with van der Waals surface area (Å²) in [6.07, 6.45) is 2.56. The second-order valence-electron chi connectivity index (χ2n) is 4.95. The molecule has 102 valence electrons. The number of hydrogen-bond donors (Lipinski definition) is 1. The lowest BCUT2D eigenvalue weighted by Gasteiger charge is -2.04. The van der Waals surface area contributed by atoms with Crippen LogP contribution in [0.15, 0.2) is 34.9 Å². The molecular weight excluding hydrogens is 238 g/mol. The zero-order valence-electron chi connectivity index (χ0n) is 11.6. The van der Waals surface area contributed by atoms with Gasteiger partial charge >= 0.3 is 0 Å². The van der Waals surface area contributed by atoms with E-state index < -0.39 is 0 Å². The molecule has 2 rings (SSSR count).